The Kier molecular flexibility index (Phi) is 8.77. The number of esters is 1. The molecule has 6 rings (SSSR count). The molecule has 3 aromatic heterocycles. The van der Waals surface area contributed by atoms with Gasteiger partial charge in [0.1, 0.15) is 23.8 Å². The van der Waals surface area contributed by atoms with Crippen LogP contribution in [0.15, 0.2) is 53.5 Å². The number of hydrogen-bond donors (Lipinski definition) is 1. The lowest BCUT2D eigenvalue weighted by atomic mass is 9.98. The van der Waals surface area contributed by atoms with E-state index < -0.39 is 5.97 Å². The average Bonchev–Trinajstić information content (AvgIpc) is 3.43. The molecule has 11 heteroatoms. The van der Waals surface area contributed by atoms with Crippen LogP contribution in [0.4, 0.5) is 17.2 Å². The molecule has 1 aliphatic heterocycles. The maximum Gasteiger partial charge on any atom is 0.302 e. The van der Waals surface area contributed by atoms with Crippen LogP contribution in [-0.4, -0.2) is 55.7 Å². The van der Waals surface area contributed by atoms with Gasteiger partial charge in [-0.05, 0) is 82.0 Å². The minimum atomic E-state index is -0.433. The number of carbonyl (C=O) groups is 2. The Morgan fingerprint density at radius 3 is 2.63 bits per heavy atom. The lowest BCUT2D eigenvalue weighted by molar-refractivity contribution is -0.142. The summed E-state index contributed by atoms with van der Waals surface area (Å²) in [5.74, 6) is 0.0209. The van der Waals surface area contributed by atoms with Crippen LogP contribution in [0.2, 0.25) is 0 Å². The predicted molar refractivity (Wildman–Crippen MR) is 177 cm³/mol. The summed E-state index contributed by atoms with van der Waals surface area (Å²) in [4.78, 5) is 47.7. The molecule has 1 aliphatic carbocycles. The molecule has 0 unspecified atom stereocenters. The maximum atomic E-state index is 14.0. The molecule has 1 amide bonds. The SMILES string of the molecule is CC(=O)OCc1c(-c2cc(Nc3ccc(CN(C)C(C)C)cn3)c(=O)n(C)n2)cccc1N1CCn2c(cc3c2CCCC3)C1=O. The zero-order valence-electron chi connectivity index (χ0n) is 27.2. The molecule has 46 heavy (non-hydrogen) atoms. The van der Waals surface area contributed by atoms with Crippen molar-refractivity contribution in [1.82, 2.24) is 24.2 Å². The number of rotatable bonds is 9. The molecule has 0 atom stereocenters. The highest BCUT2D eigenvalue weighted by atomic mass is 16.5. The van der Waals surface area contributed by atoms with Gasteiger partial charge in [-0.1, -0.05) is 18.2 Å². The summed E-state index contributed by atoms with van der Waals surface area (Å²) in [7, 11) is 3.66. The zero-order valence-corrected chi connectivity index (χ0v) is 27.2. The molecule has 11 nitrogen and oxygen atoms in total. The van der Waals surface area contributed by atoms with Crippen molar-refractivity contribution >= 4 is 29.1 Å². The van der Waals surface area contributed by atoms with Crippen LogP contribution >= 0.6 is 0 Å². The van der Waals surface area contributed by atoms with Gasteiger partial charge < -0.3 is 19.5 Å². The standard InChI is InChI=1S/C35H41N7O4/c1-22(2)39(4)20-24-13-14-33(36-19-24)37-29-18-28(38-40(5)34(29)44)26-10-8-12-31(27(26)21-46-23(3)43)42-16-15-41-30-11-7-6-9-25(30)17-32(41)35(42)45/h8,10,12-14,17-19,22H,6-7,9,11,15-16,20-21H2,1-5H3,(H,36,37). The number of hydrogen-bond acceptors (Lipinski definition) is 8. The number of nitrogens with zero attached hydrogens (tertiary/aromatic N) is 6. The monoisotopic (exact) mass is 623 g/mol. The third kappa shape index (κ3) is 6.19. The van der Waals surface area contributed by atoms with E-state index in [0.717, 1.165) is 37.8 Å². The van der Waals surface area contributed by atoms with Crippen LogP contribution in [0.25, 0.3) is 11.3 Å². The largest absolute Gasteiger partial charge is 0.461 e. The summed E-state index contributed by atoms with van der Waals surface area (Å²) in [5, 5.41) is 7.74. The van der Waals surface area contributed by atoms with E-state index in [9.17, 15) is 14.4 Å². The fourth-order valence-electron chi connectivity index (χ4n) is 6.29. The van der Waals surface area contributed by atoms with Crippen molar-refractivity contribution in [3.05, 3.63) is 87.1 Å². The lowest BCUT2D eigenvalue weighted by Gasteiger charge is -2.31. The number of anilines is 3. The predicted octanol–water partition coefficient (Wildman–Crippen LogP) is 4.83. The average molecular weight is 624 g/mol. The Hall–Kier alpha value is -4.77. The summed E-state index contributed by atoms with van der Waals surface area (Å²) in [5.41, 5.74) is 6.75. The van der Waals surface area contributed by atoms with E-state index in [0.29, 0.717) is 58.8 Å². The van der Waals surface area contributed by atoms with E-state index in [1.165, 1.54) is 22.9 Å². The van der Waals surface area contributed by atoms with E-state index in [1.54, 1.807) is 24.2 Å². The Balaban J connectivity index is 1.35. The molecule has 2 aliphatic rings. The Morgan fingerprint density at radius 2 is 1.89 bits per heavy atom. The molecule has 1 N–H and O–H groups in total. The molecular weight excluding hydrogens is 582 g/mol. The third-order valence-electron chi connectivity index (χ3n) is 9.02. The number of pyridine rings is 1. The fraction of sp³-hybridized carbons (Fsp3) is 0.400. The van der Waals surface area contributed by atoms with E-state index in [-0.39, 0.29) is 18.1 Å². The number of aromatic nitrogens is 4. The molecule has 4 aromatic rings. The second-order valence-corrected chi connectivity index (χ2v) is 12.5. The van der Waals surface area contributed by atoms with Crippen LogP contribution < -0.4 is 15.8 Å². The number of fused-ring (bicyclic) bond motifs is 3. The van der Waals surface area contributed by atoms with Crippen LogP contribution in [-0.2, 0) is 49.1 Å². The van der Waals surface area contributed by atoms with Crippen molar-refractivity contribution in [3.8, 4) is 11.3 Å². The molecule has 0 fully saturated rings. The minimum absolute atomic E-state index is 0.0523. The van der Waals surface area contributed by atoms with Gasteiger partial charge in [-0.25, -0.2) is 9.67 Å². The molecule has 1 aromatic carbocycles. The highest BCUT2D eigenvalue weighted by molar-refractivity contribution is 6.07. The number of aryl methyl sites for hydroxylation is 2. The molecule has 0 radical (unpaired) electrons. The molecule has 0 spiro atoms. The Bertz CT molecular complexity index is 1840. The first-order chi connectivity index (χ1) is 22.1. The molecule has 240 valence electrons. The normalized spacial score (nSPS) is 14.4. The summed E-state index contributed by atoms with van der Waals surface area (Å²) >= 11 is 0. The van der Waals surface area contributed by atoms with E-state index >= 15 is 0 Å². The second kappa shape index (κ2) is 12.9. The summed E-state index contributed by atoms with van der Waals surface area (Å²) in [6, 6.07) is 13.6. The minimum Gasteiger partial charge on any atom is -0.461 e. The van der Waals surface area contributed by atoms with Crippen molar-refractivity contribution in [3.63, 3.8) is 0 Å². The third-order valence-corrected chi connectivity index (χ3v) is 9.02. The number of nitrogens with one attached hydrogen (secondary N) is 1. The van der Waals surface area contributed by atoms with Gasteiger partial charge in [-0.3, -0.25) is 19.3 Å². The van der Waals surface area contributed by atoms with Crippen LogP contribution in [0, 0.1) is 0 Å². The zero-order chi connectivity index (χ0) is 32.5. The van der Waals surface area contributed by atoms with Gasteiger partial charge in [0.2, 0.25) is 0 Å². The van der Waals surface area contributed by atoms with Crippen molar-refractivity contribution < 1.29 is 14.3 Å². The van der Waals surface area contributed by atoms with Crippen LogP contribution in [0.3, 0.4) is 0 Å². The lowest BCUT2D eigenvalue weighted by Crippen LogP contribution is -2.41. The number of carbonyl (C=O) groups excluding carboxylic acids is 2. The highest BCUT2D eigenvalue weighted by Crippen LogP contribution is 2.35. The van der Waals surface area contributed by atoms with Gasteiger partial charge >= 0.3 is 5.97 Å². The number of ether oxygens (including phenoxy) is 1. The highest BCUT2D eigenvalue weighted by Gasteiger charge is 2.32. The van der Waals surface area contributed by atoms with Gasteiger partial charge in [0.25, 0.3) is 11.5 Å². The fourth-order valence-corrected chi connectivity index (χ4v) is 6.29. The molecule has 0 bridgehead atoms. The Labute approximate surface area is 268 Å². The smallest absolute Gasteiger partial charge is 0.302 e. The summed E-state index contributed by atoms with van der Waals surface area (Å²) < 4.78 is 8.97. The number of amides is 1. The van der Waals surface area contributed by atoms with Crippen LogP contribution in [0.1, 0.15) is 66.5 Å². The first-order valence-corrected chi connectivity index (χ1v) is 15.9. The second-order valence-electron chi connectivity index (χ2n) is 12.5. The molecule has 0 saturated carbocycles. The van der Waals surface area contributed by atoms with E-state index in [2.05, 4.69) is 45.8 Å². The summed E-state index contributed by atoms with van der Waals surface area (Å²) in [6.45, 7) is 7.54. The molecular formula is C35H41N7O4. The van der Waals surface area contributed by atoms with Gasteiger partial charge in [-0.2, -0.15) is 5.10 Å². The molecule has 0 saturated heterocycles. The quantitative estimate of drug-likeness (QED) is 0.264. The van der Waals surface area contributed by atoms with Crippen LogP contribution in [0.5, 0.6) is 0 Å². The van der Waals surface area contributed by atoms with Crippen molar-refractivity contribution in [2.24, 2.45) is 7.05 Å². The maximum absolute atomic E-state index is 14.0. The molecule has 4 heterocycles. The van der Waals surface area contributed by atoms with E-state index in [4.69, 9.17) is 4.74 Å². The van der Waals surface area contributed by atoms with Crippen molar-refractivity contribution in [2.75, 3.05) is 23.8 Å². The van der Waals surface area contributed by atoms with Gasteiger partial charge in [-0.15, -0.1) is 0 Å². The van der Waals surface area contributed by atoms with Gasteiger partial charge in [0, 0.05) is 62.7 Å². The number of benzene rings is 1. The Morgan fingerprint density at radius 1 is 1.09 bits per heavy atom. The van der Waals surface area contributed by atoms with E-state index in [1.807, 2.05) is 36.4 Å². The van der Waals surface area contributed by atoms with Crippen molar-refractivity contribution in [1.29, 1.82) is 0 Å². The van der Waals surface area contributed by atoms with Gasteiger partial charge in [0.15, 0.2) is 0 Å². The first-order valence-electron chi connectivity index (χ1n) is 15.9. The first kappa shape index (κ1) is 31.2. The summed E-state index contributed by atoms with van der Waals surface area (Å²) in [6.07, 6.45) is 6.09. The topological polar surface area (TPSA) is 115 Å². The van der Waals surface area contributed by atoms with Crippen molar-refractivity contribution in [2.45, 2.75) is 72.2 Å². The van der Waals surface area contributed by atoms with Gasteiger partial charge in [0.05, 0.1) is 11.4 Å².